The van der Waals surface area contributed by atoms with Gasteiger partial charge in [-0.25, -0.2) is 10.2 Å². The Morgan fingerprint density at radius 3 is 2.65 bits per heavy atom. The van der Waals surface area contributed by atoms with Crippen LogP contribution in [0.5, 0.6) is 11.5 Å². The van der Waals surface area contributed by atoms with Crippen molar-refractivity contribution in [1.29, 1.82) is 0 Å². The van der Waals surface area contributed by atoms with Crippen LogP contribution in [0.3, 0.4) is 0 Å². The Bertz CT molecular complexity index is 1210. The van der Waals surface area contributed by atoms with Crippen LogP contribution < -0.4 is 20.7 Å². The second-order valence-corrected chi connectivity index (χ2v) is 7.53. The number of benzene rings is 2. The van der Waals surface area contributed by atoms with Gasteiger partial charge in [0.25, 0.3) is 0 Å². The second-order valence-electron chi connectivity index (χ2n) is 7.10. The molecule has 1 aliphatic heterocycles. The molecule has 0 saturated carbocycles. The number of carbonyl (C=O) groups excluding carboxylic acids is 2. The van der Waals surface area contributed by atoms with E-state index in [1.807, 2.05) is 0 Å². The largest absolute Gasteiger partial charge is 0.455 e. The van der Waals surface area contributed by atoms with E-state index in [9.17, 15) is 23.5 Å². The number of alkyl halides is 2. The number of fused-ring (bicyclic) bond motifs is 2. The van der Waals surface area contributed by atoms with E-state index in [0.717, 1.165) is 11.1 Å². The molecule has 1 unspecified atom stereocenters. The van der Waals surface area contributed by atoms with E-state index in [1.165, 1.54) is 24.4 Å². The highest BCUT2D eigenvalue weighted by Gasteiger charge is 2.48. The fourth-order valence-electron chi connectivity index (χ4n) is 3.11. The predicted molar refractivity (Wildman–Crippen MR) is 116 cm³/mol. The zero-order valence-corrected chi connectivity index (χ0v) is 18.0. The number of hydrazine groups is 1. The standard InChI is InChI=1S/C22H17ClF2N4O5/c23-14-8-9-18-16(11-14)29(12-13-5-1-2-7-17(13)33-18)34-21(32)28-27-20(31)22(24,25)19(30)15-6-3-4-10-26-15/h1-11,19,30H,12H2,(H,27,31)(H,28,32). The summed E-state index contributed by atoms with van der Waals surface area (Å²) in [6.07, 6.45) is -2.61. The number of nitrogens with one attached hydrogen (secondary N) is 2. The van der Waals surface area contributed by atoms with E-state index in [-0.39, 0.29) is 6.54 Å². The van der Waals surface area contributed by atoms with Crippen LogP contribution in [-0.4, -0.2) is 28.0 Å². The number of pyridine rings is 1. The Labute approximate surface area is 196 Å². The summed E-state index contributed by atoms with van der Waals surface area (Å²) in [4.78, 5) is 33.1. The number of ether oxygens (including phenoxy) is 1. The van der Waals surface area contributed by atoms with Crippen LogP contribution in [-0.2, 0) is 16.2 Å². The molecule has 1 atom stereocenters. The quantitative estimate of drug-likeness (QED) is 0.475. The van der Waals surface area contributed by atoms with Crippen molar-refractivity contribution in [2.45, 2.75) is 18.6 Å². The average molecular weight is 491 g/mol. The average Bonchev–Trinajstić information content (AvgIpc) is 2.98. The molecule has 1 aliphatic rings. The fourth-order valence-corrected chi connectivity index (χ4v) is 3.27. The summed E-state index contributed by atoms with van der Waals surface area (Å²) in [5, 5.41) is 11.3. The van der Waals surface area contributed by atoms with Crippen molar-refractivity contribution in [1.82, 2.24) is 15.8 Å². The molecular formula is C22H17ClF2N4O5. The fraction of sp³-hybridized carbons (Fsp3) is 0.136. The third kappa shape index (κ3) is 4.85. The van der Waals surface area contributed by atoms with Gasteiger partial charge in [-0.3, -0.25) is 15.2 Å². The van der Waals surface area contributed by atoms with Crippen LogP contribution in [0.15, 0.2) is 66.9 Å². The summed E-state index contributed by atoms with van der Waals surface area (Å²) in [7, 11) is 0. The van der Waals surface area contributed by atoms with Gasteiger partial charge in [0.1, 0.15) is 11.4 Å². The summed E-state index contributed by atoms with van der Waals surface area (Å²) in [6.45, 7) is 0.0411. The molecule has 176 valence electrons. The maximum absolute atomic E-state index is 14.3. The number of hydrogen-bond acceptors (Lipinski definition) is 7. The molecule has 2 heterocycles. The topological polar surface area (TPSA) is 113 Å². The molecule has 9 nitrogen and oxygen atoms in total. The molecule has 0 spiro atoms. The lowest BCUT2D eigenvalue weighted by Gasteiger charge is -2.24. The van der Waals surface area contributed by atoms with Crippen molar-refractivity contribution in [2.75, 3.05) is 5.06 Å². The molecule has 1 aromatic heterocycles. The van der Waals surface area contributed by atoms with Gasteiger partial charge in [0.2, 0.25) is 0 Å². The Hall–Kier alpha value is -3.96. The van der Waals surface area contributed by atoms with E-state index in [2.05, 4.69) is 4.98 Å². The van der Waals surface area contributed by atoms with Crippen molar-refractivity contribution in [3.63, 3.8) is 0 Å². The van der Waals surface area contributed by atoms with Crippen molar-refractivity contribution in [2.24, 2.45) is 0 Å². The van der Waals surface area contributed by atoms with E-state index >= 15 is 0 Å². The van der Waals surface area contributed by atoms with Crippen LogP contribution in [0.4, 0.5) is 19.3 Å². The number of carbonyl (C=O) groups is 2. The van der Waals surface area contributed by atoms with Gasteiger partial charge in [0.05, 0.1) is 12.2 Å². The predicted octanol–water partition coefficient (Wildman–Crippen LogP) is 3.89. The van der Waals surface area contributed by atoms with Gasteiger partial charge in [0.15, 0.2) is 11.9 Å². The molecule has 0 saturated heterocycles. The molecule has 3 N–H and O–H groups in total. The molecule has 4 rings (SSSR count). The lowest BCUT2D eigenvalue weighted by Crippen LogP contribution is -2.52. The summed E-state index contributed by atoms with van der Waals surface area (Å²) < 4.78 is 34.5. The number of rotatable bonds is 4. The number of hydroxylamine groups is 1. The zero-order chi connectivity index (χ0) is 24.3. The molecule has 2 aromatic carbocycles. The van der Waals surface area contributed by atoms with Gasteiger partial charge in [0, 0.05) is 16.8 Å². The first-order valence-corrected chi connectivity index (χ1v) is 10.2. The molecule has 12 heteroatoms. The molecule has 3 aromatic rings. The summed E-state index contributed by atoms with van der Waals surface area (Å²) in [5.41, 5.74) is 3.83. The monoisotopic (exact) mass is 490 g/mol. The van der Waals surface area contributed by atoms with Crippen LogP contribution in [0.25, 0.3) is 0 Å². The summed E-state index contributed by atoms with van der Waals surface area (Å²) in [6, 6.07) is 15.6. The number of aromatic nitrogens is 1. The Morgan fingerprint density at radius 2 is 1.88 bits per heavy atom. The molecule has 34 heavy (non-hydrogen) atoms. The number of para-hydroxylation sites is 1. The number of aliphatic hydroxyl groups is 1. The second kappa shape index (κ2) is 9.49. The van der Waals surface area contributed by atoms with Gasteiger partial charge in [-0.1, -0.05) is 35.9 Å². The Kier molecular flexibility index (Phi) is 6.48. The smallest absolute Gasteiger partial charge is 0.450 e. The normalized spacial score (nSPS) is 13.5. The number of aliphatic hydroxyl groups excluding tert-OH is 1. The third-order valence-electron chi connectivity index (χ3n) is 4.78. The molecule has 0 bridgehead atoms. The van der Waals surface area contributed by atoms with Gasteiger partial charge < -0.3 is 14.7 Å². The van der Waals surface area contributed by atoms with Gasteiger partial charge in [-0.2, -0.15) is 13.8 Å². The number of hydrogen-bond donors (Lipinski definition) is 3. The van der Waals surface area contributed by atoms with Gasteiger partial charge >= 0.3 is 17.9 Å². The first-order valence-electron chi connectivity index (χ1n) is 9.83. The first-order chi connectivity index (χ1) is 16.3. The van der Waals surface area contributed by atoms with E-state index < -0.39 is 29.7 Å². The minimum atomic E-state index is -4.29. The minimum Gasteiger partial charge on any atom is -0.455 e. The van der Waals surface area contributed by atoms with E-state index in [1.54, 1.807) is 47.2 Å². The molecule has 0 aliphatic carbocycles. The van der Waals surface area contributed by atoms with E-state index in [0.29, 0.717) is 27.8 Å². The molecular weight excluding hydrogens is 474 g/mol. The summed E-state index contributed by atoms with van der Waals surface area (Å²) in [5.74, 6) is -5.40. The lowest BCUT2D eigenvalue weighted by molar-refractivity contribution is -0.165. The van der Waals surface area contributed by atoms with Gasteiger partial charge in [-0.05, 0) is 36.4 Å². The van der Waals surface area contributed by atoms with Crippen LogP contribution in [0.1, 0.15) is 17.4 Å². The number of halogens is 3. The SMILES string of the molecule is O=C(NNC(=O)C(F)(F)C(O)c1ccccn1)ON1Cc2ccccc2Oc2ccc(Cl)cc21. The molecule has 2 amide bonds. The number of anilines is 1. The number of amides is 2. The maximum Gasteiger partial charge on any atom is 0.450 e. The summed E-state index contributed by atoms with van der Waals surface area (Å²) >= 11 is 6.07. The molecule has 0 radical (unpaired) electrons. The van der Waals surface area contributed by atoms with Crippen molar-refractivity contribution >= 4 is 29.3 Å². The first kappa shape index (κ1) is 23.2. The Morgan fingerprint density at radius 1 is 1.12 bits per heavy atom. The van der Waals surface area contributed by atoms with Crippen LogP contribution in [0.2, 0.25) is 5.02 Å². The van der Waals surface area contributed by atoms with Crippen molar-refractivity contribution in [3.05, 3.63) is 83.1 Å². The number of nitrogens with zero attached hydrogens (tertiary/aromatic N) is 2. The highest BCUT2D eigenvalue weighted by Crippen LogP contribution is 2.40. The maximum atomic E-state index is 14.3. The highest BCUT2D eigenvalue weighted by molar-refractivity contribution is 6.31. The molecule has 0 fully saturated rings. The van der Waals surface area contributed by atoms with Crippen molar-refractivity contribution < 1.29 is 33.1 Å². The highest BCUT2D eigenvalue weighted by atomic mass is 35.5. The minimum absolute atomic E-state index is 0.0411. The van der Waals surface area contributed by atoms with Crippen molar-refractivity contribution in [3.8, 4) is 11.5 Å². The van der Waals surface area contributed by atoms with E-state index in [4.69, 9.17) is 21.2 Å². The zero-order valence-electron chi connectivity index (χ0n) is 17.2. The van der Waals surface area contributed by atoms with Gasteiger partial charge in [-0.15, -0.1) is 0 Å². The Balaban J connectivity index is 1.45. The van der Waals surface area contributed by atoms with Crippen LogP contribution >= 0.6 is 11.6 Å². The van der Waals surface area contributed by atoms with Crippen LogP contribution in [0, 0.1) is 0 Å². The lowest BCUT2D eigenvalue weighted by atomic mass is 10.1. The third-order valence-corrected chi connectivity index (χ3v) is 5.02.